The summed E-state index contributed by atoms with van der Waals surface area (Å²) in [7, 11) is 0. The third-order valence-electron chi connectivity index (χ3n) is 3.58. The summed E-state index contributed by atoms with van der Waals surface area (Å²) in [5, 5.41) is 9.82. The van der Waals surface area contributed by atoms with E-state index >= 15 is 0 Å². The molecule has 1 heterocycles. The second kappa shape index (κ2) is 8.01. The Kier molecular flexibility index (Phi) is 5.31. The Bertz CT molecular complexity index is 796. The SMILES string of the molecule is CCOc1ccc(NC(=O)NCc2ccc(-n3cccn3)cc2)cc1. The number of nitrogens with one attached hydrogen (secondary N) is 2. The highest BCUT2D eigenvalue weighted by atomic mass is 16.5. The van der Waals surface area contributed by atoms with Crippen molar-refractivity contribution in [2.75, 3.05) is 11.9 Å². The topological polar surface area (TPSA) is 68.2 Å². The number of urea groups is 1. The van der Waals surface area contributed by atoms with Crippen molar-refractivity contribution in [2.45, 2.75) is 13.5 Å². The van der Waals surface area contributed by atoms with E-state index < -0.39 is 0 Å². The van der Waals surface area contributed by atoms with Crippen molar-refractivity contribution in [1.82, 2.24) is 15.1 Å². The van der Waals surface area contributed by atoms with Crippen LogP contribution in [-0.4, -0.2) is 22.4 Å². The van der Waals surface area contributed by atoms with Crippen LogP contribution in [0.2, 0.25) is 0 Å². The van der Waals surface area contributed by atoms with Crippen LogP contribution in [0.4, 0.5) is 10.5 Å². The molecule has 0 aliphatic heterocycles. The Labute approximate surface area is 146 Å². The van der Waals surface area contributed by atoms with E-state index in [1.807, 2.05) is 67.7 Å². The van der Waals surface area contributed by atoms with Crippen LogP contribution in [0.3, 0.4) is 0 Å². The lowest BCUT2D eigenvalue weighted by molar-refractivity contribution is 0.251. The van der Waals surface area contributed by atoms with Gasteiger partial charge in [0.15, 0.2) is 0 Å². The van der Waals surface area contributed by atoms with Gasteiger partial charge in [-0.1, -0.05) is 12.1 Å². The lowest BCUT2D eigenvalue weighted by Crippen LogP contribution is -2.28. The molecule has 3 aromatic rings. The molecule has 2 N–H and O–H groups in total. The second-order valence-electron chi connectivity index (χ2n) is 5.38. The normalized spacial score (nSPS) is 10.3. The van der Waals surface area contributed by atoms with E-state index in [2.05, 4.69) is 15.7 Å². The van der Waals surface area contributed by atoms with Gasteiger partial charge in [0.25, 0.3) is 0 Å². The Hall–Kier alpha value is -3.28. The van der Waals surface area contributed by atoms with Gasteiger partial charge in [0.1, 0.15) is 5.75 Å². The maximum atomic E-state index is 12.0. The molecule has 2 amide bonds. The van der Waals surface area contributed by atoms with Gasteiger partial charge in [-0.25, -0.2) is 9.48 Å². The fourth-order valence-electron chi connectivity index (χ4n) is 2.35. The number of hydrogen-bond donors (Lipinski definition) is 2. The van der Waals surface area contributed by atoms with Crippen molar-refractivity contribution in [3.8, 4) is 11.4 Å². The molecule has 0 saturated carbocycles. The summed E-state index contributed by atoms with van der Waals surface area (Å²) in [6.45, 7) is 3.00. The quantitative estimate of drug-likeness (QED) is 0.723. The zero-order valence-corrected chi connectivity index (χ0v) is 14.0. The molecule has 25 heavy (non-hydrogen) atoms. The molecule has 0 spiro atoms. The molecule has 0 aliphatic carbocycles. The molecule has 1 aromatic heterocycles. The minimum Gasteiger partial charge on any atom is -0.494 e. The highest BCUT2D eigenvalue weighted by Crippen LogP contribution is 2.15. The van der Waals surface area contributed by atoms with E-state index in [0.717, 1.165) is 22.7 Å². The Morgan fingerprint density at radius 2 is 1.88 bits per heavy atom. The largest absolute Gasteiger partial charge is 0.494 e. The monoisotopic (exact) mass is 336 g/mol. The molecule has 0 atom stereocenters. The Morgan fingerprint density at radius 3 is 2.52 bits per heavy atom. The number of benzene rings is 2. The third-order valence-corrected chi connectivity index (χ3v) is 3.58. The average Bonchev–Trinajstić information content (AvgIpc) is 3.17. The van der Waals surface area contributed by atoms with Crippen LogP contribution in [0.1, 0.15) is 12.5 Å². The summed E-state index contributed by atoms with van der Waals surface area (Å²) in [6.07, 6.45) is 3.62. The average molecular weight is 336 g/mol. The van der Waals surface area contributed by atoms with Gasteiger partial charge < -0.3 is 15.4 Å². The molecule has 0 radical (unpaired) electrons. The number of ether oxygens (including phenoxy) is 1. The first-order valence-corrected chi connectivity index (χ1v) is 8.11. The molecule has 0 aliphatic rings. The summed E-state index contributed by atoms with van der Waals surface area (Å²) in [6, 6.07) is 16.8. The van der Waals surface area contributed by atoms with Gasteiger partial charge in [-0.15, -0.1) is 0 Å². The number of aromatic nitrogens is 2. The number of carbonyl (C=O) groups excluding carboxylic acids is 1. The van der Waals surface area contributed by atoms with E-state index in [4.69, 9.17) is 4.74 Å². The Morgan fingerprint density at radius 1 is 1.12 bits per heavy atom. The van der Waals surface area contributed by atoms with Gasteiger partial charge in [0.05, 0.1) is 12.3 Å². The van der Waals surface area contributed by atoms with Gasteiger partial charge in [0, 0.05) is 24.6 Å². The summed E-state index contributed by atoms with van der Waals surface area (Å²) in [5.74, 6) is 0.783. The number of hydrogen-bond acceptors (Lipinski definition) is 3. The molecule has 2 aromatic carbocycles. The summed E-state index contributed by atoms with van der Waals surface area (Å²) in [4.78, 5) is 12.0. The van der Waals surface area contributed by atoms with Crippen LogP contribution in [0.5, 0.6) is 5.75 Å². The predicted octanol–water partition coefficient (Wildman–Crippen LogP) is 3.59. The fraction of sp³-hybridized carbons (Fsp3) is 0.158. The number of carbonyl (C=O) groups is 1. The van der Waals surface area contributed by atoms with Gasteiger partial charge in [-0.05, 0) is 55.0 Å². The molecule has 6 nitrogen and oxygen atoms in total. The van der Waals surface area contributed by atoms with Crippen molar-refractivity contribution in [3.63, 3.8) is 0 Å². The molecule has 3 rings (SSSR count). The van der Waals surface area contributed by atoms with E-state index in [1.165, 1.54) is 0 Å². The zero-order chi connectivity index (χ0) is 17.5. The zero-order valence-electron chi connectivity index (χ0n) is 14.0. The van der Waals surface area contributed by atoms with Gasteiger partial charge in [-0.3, -0.25) is 0 Å². The first-order chi connectivity index (χ1) is 12.2. The molecule has 0 unspecified atom stereocenters. The number of amides is 2. The van der Waals surface area contributed by atoms with Gasteiger partial charge >= 0.3 is 6.03 Å². The minimum absolute atomic E-state index is 0.250. The molecule has 6 heteroatoms. The third kappa shape index (κ3) is 4.60. The molecular formula is C19H20N4O2. The maximum Gasteiger partial charge on any atom is 0.319 e. The lowest BCUT2D eigenvalue weighted by atomic mass is 10.2. The molecular weight excluding hydrogens is 316 g/mol. The fourth-order valence-corrected chi connectivity index (χ4v) is 2.35. The predicted molar refractivity (Wildman–Crippen MR) is 97.0 cm³/mol. The van der Waals surface area contributed by atoms with E-state index in [0.29, 0.717) is 13.2 Å². The van der Waals surface area contributed by atoms with Crippen molar-refractivity contribution < 1.29 is 9.53 Å². The summed E-state index contributed by atoms with van der Waals surface area (Å²) < 4.78 is 7.16. The first-order valence-electron chi connectivity index (χ1n) is 8.11. The van der Waals surface area contributed by atoms with E-state index in [1.54, 1.807) is 10.9 Å². The Balaban J connectivity index is 1.50. The van der Waals surface area contributed by atoms with Crippen LogP contribution >= 0.6 is 0 Å². The van der Waals surface area contributed by atoms with Crippen LogP contribution in [0, 0.1) is 0 Å². The molecule has 0 fully saturated rings. The van der Waals surface area contributed by atoms with Crippen LogP contribution in [0.25, 0.3) is 5.69 Å². The van der Waals surface area contributed by atoms with Gasteiger partial charge in [-0.2, -0.15) is 5.10 Å². The van der Waals surface area contributed by atoms with Crippen LogP contribution in [-0.2, 0) is 6.54 Å². The van der Waals surface area contributed by atoms with Crippen molar-refractivity contribution in [3.05, 3.63) is 72.6 Å². The molecule has 128 valence electrons. The highest BCUT2D eigenvalue weighted by Gasteiger charge is 2.03. The van der Waals surface area contributed by atoms with E-state index in [9.17, 15) is 4.79 Å². The summed E-state index contributed by atoms with van der Waals surface area (Å²) >= 11 is 0. The number of anilines is 1. The summed E-state index contributed by atoms with van der Waals surface area (Å²) in [5.41, 5.74) is 2.71. The number of nitrogens with zero attached hydrogens (tertiary/aromatic N) is 2. The van der Waals surface area contributed by atoms with Crippen molar-refractivity contribution in [1.29, 1.82) is 0 Å². The minimum atomic E-state index is -0.250. The highest BCUT2D eigenvalue weighted by molar-refractivity contribution is 5.89. The van der Waals surface area contributed by atoms with E-state index in [-0.39, 0.29) is 6.03 Å². The second-order valence-corrected chi connectivity index (χ2v) is 5.38. The van der Waals surface area contributed by atoms with Crippen LogP contribution in [0.15, 0.2) is 67.0 Å². The van der Waals surface area contributed by atoms with Gasteiger partial charge in [0.2, 0.25) is 0 Å². The standard InChI is InChI=1S/C19H20N4O2/c1-2-25-18-10-6-16(7-11-18)22-19(24)20-14-15-4-8-17(9-5-15)23-13-3-12-21-23/h3-13H,2,14H2,1H3,(H2,20,22,24). The maximum absolute atomic E-state index is 12.0. The van der Waals surface area contributed by atoms with Crippen molar-refractivity contribution >= 4 is 11.7 Å². The van der Waals surface area contributed by atoms with Crippen LogP contribution < -0.4 is 15.4 Å². The molecule has 0 bridgehead atoms. The molecule has 0 saturated heterocycles. The first kappa shape index (κ1) is 16.6. The smallest absolute Gasteiger partial charge is 0.319 e. The van der Waals surface area contributed by atoms with Crippen molar-refractivity contribution in [2.24, 2.45) is 0 Å². The lowest BCUT2D eigenvalue weighted by Gasteiger charge is -2.09. The number of rotatable bonds is 6.